The normalized spacial score (nSPS) is 10.2. The topological polar surface area (TPSA) is 39.2 Å². The fraction of sp³-hybridized carbons (Fsp3) is 0.200. The summed E-state index contributed by atoms with van der Waals surface area (Å²) in [6, 6.07) is 10.2. The van der Waals surface area contributed by atoms with Gasteiger partial charge < -0.3 is 4.74 Å². The molecule has 0 saturated heterocycles. The lowest BCUT2D eigenvalue weighted by molar-refractivity contribution is -0.128. The van der Waals surface area contributed by atoms with Crippen molar-refractivity contribution in [2.45, 2.75) is 13.3 Å². The number of carbonyl (C=O) groups excluding carboxylic acids is 1. The molecule has 1 heterocycles. The van der Waals surface area contributed by atoms with Gasteiger partial charge in [0.25, 0.3) is 6.47 Å². The van der Waals surface area contributed by atoms with Crippen molar-refractivity contribution in [1.82, 2.24) is 4.98 Å². The summed E-state index contributed by atoms with van der Waals surface area (Å²) in [6.07, 6.45) is 0.564. The number of benzene rings is 1. The maximum Gasteiger partial charge on any atom is 0.293 e. The number of hydrogen-bond acceptors (Lipinski definition) is 3. The third kappa shape index (κ3) is 3.61. The Morgan fingerprint density at radius 3 is 2.63 bits per heavy atom. The Hall–Kier alpha value is -2.23. The number of halogens is 1. The van der Waals surface area contributed by atoms with Crippen LogP contribution in [-0.2, 0) is 16.0 Å². The molecule has 0 aliphatic heterocycles. The van der Waals surface area contributed by atoms with Crippen LogP contribution in [-0.4, -0.2) is 18.1 Å². The van der Waals surface area contributed by atoms with Crippen LogP contribution in [0, 0.1) is 12.7 Å². The van der Waals surface area contributed by atoms with Crippen molar-refractivity contribution in [3.8, 4) is 11.1 Å². The predicted octanol–water partition coefficient (Wildman–Crippen LogP) is 2.91. The molecule has 98 valence electrons. The molecular formula is C15H14FNO2. The molecule has 3 nitrogen and oxygen atoms in total. The average molecular weight is 259 g/mol. The van der Waals surface area contributed by atoms with Gasteiger partial charge in [-0.2, -0.15) is 0 Å². The first-order chi connectivity index (χ1) is 9.19. The van der Waals surface area contributed by atoms with Crippen LogP contribution >= 0.6 is 0 Å². The SMILES string of the molecule is Cc1cc(-c2ccc(F)cc2)cc(CCOC=O)n1. The molecule has 0 aliphatic rings. The first-order valence-electron chi connectivity index (χ1n) is 5.98. The third-order valence-electron chi connectivity index (χ3n) is 2.73. The smallest absolute Gasteiger partial charge is 0.293 e. The quantitative estimate of drug-likeness (QED) is 0.612. The molecule has 0 aliphatic carbocycles. The van der Waals surface area contributed by atoms with Crippen LogP contribution in [0.25, 0.3) is 11.1 Å². The van der Waals surface area contributed by atoms with Crippen LogP contribution in [0.2, 0.25) is 0 Å². The Morgan fingerprint density at radius 2 is 1.95 bits per heavy atom. The fourth-order valence-corrected chi connectivity index (χ4v) is 1.89. The maximum absolute atomic E-state index is 12.9. The second-order valence-corrected chi connectivity index (χ2v) is 4.21. The largest absolute Gasteiger partial charge is 0.467 e. The molecule has 0 spiro atoms. The first kappa shape index (κ1) is 13.2. The fourth-order valence-electron chi connectivity index (χ4n) is 1.89. The summed E-state index contributed by atoms with van der Waals surface area (Å²) < 4.78 is 17.6. The molecule has 0 N–H and O–H groups in total. The second-order valence-electron chi connectivity index (χ2n) is 4.21. The zero-order chi connectivity index (χ0) is 13.7. The third-order valence-corrected chi connectivity index (χ3v) is 2.73. The van der Waals surface area contributed by atoms with E-state index in [9.17, 15) is 9.18 Å². The van der Waals surface area contributed by atoms with E-state index in [1.54, 1.807) is 12.1 Å². The van der Waals surface area contributed by atoms with Crippen LogP contribution in [0.1, 0.15) is 11.4 Å². The van der Waals surface area contributed by atoms with Gasteiger partial charge in [0.2, 0.25) is 0 Å². The average Bonchev–Trinajstić information content (AvgIpc) is 2.39. The van der Waals surface area contributed by atoms with Crippen molar-refractivity contribution in [2.75, 3.05) is 6.61 Å². The van der Waals surface area contributed by atoms with E-state index in [0.717, 1.165) is 22.5 Å². The molecular weight excluding hydrogens is 245 g/mol. The molecule has 1 aromatic heterocycles. The molecule has 1 aromatic carbocycles. The minimum atomic E-state index is -0.255. The Bertz CT molecular complexity index is 567. The standard InChI is InChI=1S/C15H14FNO2/c1-11-8-13(12-2-4-14(16)5-3-12)9-15(17-11)6-7-19-10-18/h2-5,8-10H,6-7H2,1H3. The molecule has 2 aromatic rings. The monoisotopic (exact) mass is 259 g/mol. The summed E-state index contributed by atoms with van der Waals surface area (Å²) >= 11 is 0. The molecule has 0 unspecified atom stereocenters. The molecule has 0 amide bonds. The van der Waals surface area contributed by atoms with E-state index in [1.807, 2.05) is 19.1 Å². The lowest BCUT2D eigenvalue weighted by Gasteiger charge is -2.07. The van der Waals surface area contributed by atoms with Crippen LogP contribution in [0.15, 0.2) is 36.4 Å². The van der Waals surface area contributed by atoms with Crippen molar-refractivity contribution in [1.29, 1.82) is 0 Å². The van der Waals surface area contributed by atoms with Gasteiger partial charge in [-0.25, -0.2) is 4.39 Å². The van der Waals surface area contributed by atoms with Crippen molar-refractivity contribution >= 4 is 6.47 Å². The van der Waals surface area contributed by atoms with E-state index < -0.39 is 0 Å². The van der Waals surface area contributed by atoms with Crippen LogP contribution in [0.4, 0.5) is 4.39 Å². The number of ether oxygens (including phenoxy) is 1. The number of hydrogen-bond donors (Lipinski definition) is 0. The zero-order valence-corrected chi connectivity index (χ0v) is 10.6. The van der Waals surface area contributed by atoms with Gasteiger partial charge in [-0.15, -0.1) is 0 Å². The molecule has 4 heteroatoms. The maximum atomic E-state index is 12.9. The lowest BCUT2D eigenvalue weighted by atomic mass is 10.0. The van der Waals surface area contributed by atoms with Gasteiger partial charge in [-0.1, -0.05) is 12.1 Å². The molecule has 2 rings (SSSR count). The second kappa shape index (κ2) is 6.09. The van der Waals surface area contributed by atoms with Crippen molar-refractivity contribution in [2.24, 2.45) is 0 Å². The van der Waals surface area contributed by atoms with Gasteiger partial charge in [0, 0.05) is 17.8 Å². The summed E-state index contributed by atoms with van der Waals surface area (Å²) in [7, 11) is 0. The van der Waals surface area contributed by atoms with Gasteiger partial charge in [-0.05, 0) is 42.3 Å². The summed E-state index contributed by atoms with van der Waals surface area (Å²) in [4.78, 5) is 14.5. The van der Waals surface area contributed by atoms with Gasteiger partial charge in [-0.3, -0.25) is 9.78 Å². The zero-order valence-electron chi connectivity index (χ0n) is 10.6. The van der Waals surface area contributed by atoms with E-state index in [-0.39, 0.29) is 5.82 Å². The summed E-state index contributed by atoms with van der Waals surface area (Å²) in [6.45, 7) is 2.64. The lowest BCUT2D eigenvalue weighted by Crippen LogP contribution is -2.00. The van der Waals surface area contributed by atoms with E-state index in [0.29, 0.717) is 19.5 Å². The highest BCUT2D eigenvalue weighted by molar-refractivity contribution is 5.64. The number of aryl methyl sites for hydroxylation is 1. The number of nitrogens with zero attached hydrogens (tertiary/aromatic N) is 1. The predicted molar refractivity (Wildman–Crippen MR) is 70.1 cm³/mol. The highest BCUT2D eigenvalue weighted by Crippen LogP contribution is 2.21. The van der Waals surface area contributed by atoms with E-state index in [1.165, 1.54) is 12.1 Å². The van der Waals surface area contributed by atoms with Crippen molar-refractivity contribution < 1.29 is 13.9 Å². The Labute approximate surface area is 111 Å². The first-order valence-corrected chi connectivity index (χ1v) is 5.98. The van der Waals surface area contributed by atoms with Gasteiger partial charge in [0.05, 0.1) is 6.61 Å². The summed E-state index contributed by atoms with van der Waals surface area (Å²) in [5.74, 6) is -0.255. The minimum absolute atomic E-state index is 0.255. The number of aromatic nitrogens is 1. The van der Waals surface area contributed by atoms with Crippen molar-refractivity contribution in [3.63, 3.8) is 0 Å². The van der Waals surface area contributed by atoms with Gasteiger partial charge >= 0.3 is 0 Å². The van der Waals surface area contributed by atoms with Gasteiger partial charge in [0.1, 0.15) is 5.82 Å². The van der Waals surface area contributed by atoms with Gasteiger partial charge in [0.15, 0.2) is 0 Å². The minimum Gasteiger partial charge on any atom is -0.467 e. The molecule has 0 fully saturated rings. The molecule has 0 atom stereocenters. The summed E-state index contributed by atoms with van der Waals surface area (Å²) in [5.41, 5.74) is 3.64. The Balaban J connectivity index is 2.25. The Morgan fingerprint density at radius 1 is 1.21 bits per heavy atom. The highest BCUT2D eigenvalue weighted by Gasteiger charge is 2.03. The molecule has 19 heavy (non-hydrogen) atoms. The number of rotatable bonds is 5. The van der Waals surface area contributed by atoms with E-state index in [2.05, 4.69) is 9.72 Å². The molecule has 0 saturated carbocycles. The molecule has 0 bridgehead atoms. The molecule has 0 radical (unpaired) electrons. The number of carbonyl (C=O) groups is 1. The number of pyridine rings is 1. The Kier molecular flexibility index (Phi) is 4.23. The van der Waals surface area contributed by atoms with Crippen LogP contribution in [0.5, 0.6) is 0 Å². The van der Waals surface area contributed by atoms with E-state index >= 15 is 0 Å². The summed E-state index contributed by atoms with van der Waals surface area (Å²) in [5, 5.41) is 0. The highest BCUT2D eigenvalue weighted by atomic mass is 19.1. The van der Waals surface area contributed by atoms with Crippen LogP contribution < -0.4 is 0 Å². The van der Waals surface area contributed by atoms with Crippen LogP contribution in [0.3, 0.4) is 0 Å². The van der Waals surface area contributed by atoms with Crippen molar-refractivity contribution in [3.05, 3.63) is 53.6 Å². The van der Waals surface area contributed by atoms with E-state index in [4.69, 9.17) is 0 Å².